The van der Waals surface area contributed by atoms with Gasteiger partial charge in [0.1, 0.15) is 0 Å². The first kappa shape index (κ1) is 22.5. The van der Waals surface area contributed by atoms with Crippen LogP contribution in [0.5, 0.6) is 17.2 Å². The van der Waals surface area contributed by atoms with Crippen LogP contribution in [0.4, 0.5) is 5.69 Å². The lowest BCUT2D eigenvalue weighted by Crippen LogP contribution is -2.18. The van der Waals surface area contributed by atoms with Crippen molar-refractivity contribution >= 4 is 34.6 Å². The van der Waals surface area contributed by atoms with E-state index in [9.17, 15) is 19.7 Å². The van der Waals surface area contributed by atoms with Crippen LogP contribution in [0.1, 0.15) is 26.3 Å². The van der Waals surface area contributed by atoms with Gasteiger partial charge in [0.2, 0.25) is 12.5 Å². The molecule has 1 aliphatic heterocycles. The third kappa shape index (κ3) is 4.42. The predicted molar refractivity (Wildman–Crippen MR) is 130 cm³/mol. The fraction of sp³-hybridized carbons (Fsp3) is 0.0385. The molecule has 4 aromatic rings. The number of hydrogen-bond donors (Lipinski definition) is 1. The summed E-state index contributed by atoms with van der Waals surface area (Å²) in [7, 11) is 0. The Balaban J connectivity index is 1.39. The van der Waals surface area contributed by atoms with E-state index >= 15 is 0 Å². The topological polar surface area (TPSA) is 129 Å². The molecule has 0 saturated heterocycles. The molecule has 0 aliphatic carbocycles. The Hall–Kier alpha value is -5.25. The largest absolute Gasteiger partial charge is 0.454 e. The summed E-state index contributed by atoms with van der Waals surface area (Å²) in [6.45, 7) is 0.0309. The van der Waals surface area contributed by atoms with Gasteiger partial charge in [0.25, 0.3) is 5.91 Å². The van der Waals surface area contributed by atoms with E-state index in [0.717, 1.165) is 10.8 Å². The third-order valence-electron chi connectivity index (χ3n) is 5.43. The lowest BCUT2D eigenvalue weighted by Gasteiger charge is -2.09. The van der Waals surface area contributed by atoms with E-state index < -0.39 is 22.5 Å². The van der Waals surface area contributed by atoms with Crippen LogP contribution in [-0.2, 0) is 0 Å². The van der Waals surface area contributed by atoms with Gasteiger partial charge in [0, 0.05) is 17.2 Å². The number of carbonyl (C=O) groups excluding carboxylic acids is 2. The number of esters is 1. The van der Waals surface area contributed by atoms with Gasteiger partial charge in [0.15, 0.2) is 11.5 Å². The first-order chi connectivity index (χ1) is 17.5. The molecule has 5 rings (SSSR count). The zero-order chi connectivity index (χ0) is 25.1. The molecule has 1 N–H and O–H groups in total. The van der Waals surface area contributed by atoms with E-state index in [4.69, 9.17) is 14.2 Å². The molecule has 0 bridgehead atoms. The highest BCUT2D eigenvalue weighted by Gasteiger charge is 2.24. The highest BCUT2D eigenvalue weighted by atomic mass is 16.7. The standard InChI is InChI=1S/C26H17N3O7/c30-25(20-9-3-6-16-5-1-2-8-19(16)20)28-27-14-18-7-4-10-21(29(32)33)24(18)36-26(31)17-11-12-22-23(13-17)35-15-34-22/h1-14H,15H2,(H,28,30)/b27-14+. The summed E-state index contributed by atoms with van der Waals surface area (Å²) >= 11 is 0. The molecule has 4 aromatic carbocycles. The molecule has 1 amide bonds. The molecule has 0 aromatic heterocycles. The smallest absolute Gasteiger partial charge is 0.343 e. The fourth-order valence-electron chi connectivity index (χ4n) is 3.72. The van der Waals surface area contributed by atoms with Crippen LogP contribution in [0.25, 0.3) is 10.8 Å². The highest BCUT2D eigenvalue weighted by Crippen LogP contribution is 2.34. The summed E-state index contributed by atoms with van der Waals surface area (Å²) < 4.78 is 15.9. The fourth-order valence-corrected chi connectivity index (χ4v) is 3.72. The number of hydrogen-bond acceptors (Lipinski definition) is 8. The Morgan fingerprint density at radius 2 is 1.75 bits per heavy atom. The van der Waals surface area contributed by atoms with Crippen LogP contribution in [0.2, 0.25) is 0 Å². The third-order valence-corrected chi connectivity index (χ3v) is 5.43. The second-order valence-corrected chi connectivity index (χ2v) is 7.64. The molecule has 10 nitrogen and oxygen atoms in total. The molecule has 0 atom stereocenters. The summed E-state index contributed by atoms with van der Waals surface area (Å²) in [5.41, 5.74) is 2.63. The van der Waals surface area contributed by atoms with Crippen LogP contribution in [0.3, 0.4) is 0 Å². The number of carbonyl (C=O) groups is 2. The van der Waals surface area contributed by atoms with Crippen molar-refractivity contribution in [1.29, 1.82) is 0 Å². The van der Waals surface area contributed by atoms with E-state index in [0.29, 0.717) is 17.1 Å². The zero-order valence-corrected chi connectivity index (χ0v) is 18.5. The number of nitro benzene ring substituents is 1. The van der Waals surface area contributed by atoms with Crippen LogP contribution < -0.4 is 19.6 Å². The van der Waals surface area contributed by atoms with Crippen molar-refractivity contribution in [1.82, 2.24) is 5.43 Å². The number of rotatable bonds is 6. The predicted octanol–water partition coefficient (Wildman–Crippen LogP) is 4.46. The molecule has 0 fully saturated rings. The van der Waals surface area contributed by atoms with Crippen LogP contribution in [0, 0.1) is 10.1 Å². The maximum atomic E-state index is 12.8. The number of hydrazone groups is 1. The van der Waals surface area contributed by atoms with Gasteiger partial charge >= 0.3 is 11.7 Å². The number of nitrogens with zero attached hydrogens (tertiary/aromatic N) is 2. The molecule has 0 spiro atoms. The Morgan fingerprint density at radius 1 is 0.972 bits per heavy atom. The molecule has 178 valence electrons. The normalized spacial score (nSPS) is 12.0. The lowest BCUT2D eigenvalue weighted by molar-refractivity contribution is -0.385. The summed E-state index contributed by atoms with van der Waals surface area (Å²) in [5.74, 6) is -0.769. The summed E-state index contributed by atoms with van der Waals surface area (Å²) in [5, 5.41) is 17.2. The summed E-state index contributed by atoms with van der Waals surface area (Å²) in [4.78, 5) is 36.4. The van der Waals surface area contributed by atoms with E-state index in [1.807, 2.05) is 30.3 Å². The maximum absolute atomic E-state index is 12.8. The number of nitro groups is 1. The molecule has 1 aliphatic rings. The average Bonchev–Trinajstić information content (AvgIpc) is 3.37. The minimum absolute atomic E-state index is 0.0309. The Labute approximate surface area is 203 Å². The minimum atomic E-state index is -0.836. The van der Waals surface area contributed by atoms with E-state index in [1.165, 1.54) is 36.5 Å². The second-order valence-electron chi connectivity index (χ2n) is 7.64. The van der Waals surface area contributed by atoms with Gasteiger partial charge < -0.3 is 14.2 Å². The Morgan fingerprint density at radius 3 is 2.61 bits per heavy atom. The molecule has 0 radical (unpaired) electrons. The molecule has 0 unspecified atom stereocenters. The number of amides is 1. The van der Waals surface area contributed by atoms with Gasteiger partial charge in [-0.1, -0.05) is 42.5 Å². The maximum Gasteiger partial charge on any atom is 0.343 e. The number of nitrogens with one attached hydrogen (secondary N) is 1. The van der Waals surface area contributed by atoms with Crippen LogP contribution in [-0.4, -0.2) is 29.8 Å². The molecular weight excluding hydrogens is 466 g/mol. The molecular formula is C26H17N3O7. The van der Waals surface area contributed by atoms with Crippen molar-refractivity contribution in [2.24, 2.45) is 5.10 Å². The first-order valence-corrected chi connectivity index (χ1v) is 10.7. The van der Waals surface area contributed by atoms with Gasteiger partial charge in [-0.2, -0.15) is 5.10 Å². The van der Waals surface area contributed by atoms with Crippen molar-refractivity contribution in [3.05, 3.63) is 106 Å². The lowest BCUT2D eigenvalue weighted by atomic mass is 10.0. The summed E-state index contributed by atoms with van der Waals surface area (Å²) in [6, 6.07) is 21.3. The van der Waals surface area contributed by atoms with Gasteiger partial charge in [-0.25, -0.2) is 10.2 Å². The zero-order valence-electron chi connectivity index (χ0n) is 18.5. The average molecular weight is 483 g/mol. The number of benzene rings is 4. The molecule has 36 heavy (non-hydrogen) atoms. The number of para-hydroxylation sites is 1. The van der Waals surface area contributed by atoms with Crippen molar-refractivity contribution in [3.63, 3.8) is 0 Å². The van der Waals surface area contributed by atoms with E-state index in [1.54, 1.807) is 18.2 Å². The van der Waals surface area contributed by atoms with Crippen molar-refractivity contribution in [3.8, 4) is 17.2 Å². The number of fused-ring (bicyclic) bond motifs is 2. The molecule has 1 heterocycles. The molecule has 10 heteroatoms. The SMILES string of the molecule is O=C(Oc1c(/C=N/NC(=O)c2cccc3ccccc23)cccc1[N+](=O)[O-])c1ccc2c(c1)OCO2. The van der Waals surface area contributed by atoms with Gasteiger partial charge in [-0.3, -0.25) is 14.9 Å². The first-order valence-electron chi connectivity index (χ1n) is 10.7. The second kappa shape index (κ2) is 9.55. The minimum Gasteiger partial charge on any atom is -0.454 e. The Bertz CT molecular complexity index is 1540. The van der Waals surface area contributed by atoms with Crippen molar-refractivity contribution in [2.75, 3.05) is 6.79 Å². The van der Waals surface area contributed by atoms with E-state index in [-0.39, 0.29) is 23.7 Å². The van der Waals surface area contributed by atoms with Crippen molar-refractivity contribution in [2.45, 2.75) is 0 Å². The van der Waals surface area contributed by atoms with Gasteiger partial charge in [0.05, 0.1) is 16.7 Å². The highest BCUT2D eigenvalue weighted by molar-refractivity contribution is 6.07. The van der Waals surface area contributed by atoms with E-state index in [2.05, 4.69) is 10.5 Å². The van der Waals surface area contributed by atoms with Gasteiger partial charge in [-0.05, 0) is 41.1 Å². The van der Waals surface area contributed by atoms with Crippen LogP contribution in [0.15, 0.2) is 84.0 Å². The van der Waals surface area contributed by atoms with Crippen LogP contribution >= 0.6 is 0 Å². The number of ether oxygens (including phenoxy) is 3. The molecule has 0 saturated carbocycles. The van der Waals surface area contributed by atoms with Crippen molar-refractivity contribution < 1.29 is 28.7 Å². The summed E-state index contributed by atoms with van der Waals surface area (Å²) in [6.07, 6.45) is 1.18. The van der Waals surface area contributed by atoms with Gasteiger partial charge in [-0.15, -0.1) is 0 Å². The monoisotopic (exact) mass is 483 g/mol. The quantitative estimate of drug-likeness (QED) is 0.141. The Kier molecular flexibility index (Phi) is 5.98.